The molecule has 2 aromatic carbocycles. The molecule has 2 heterocycles. The third-order valence-corrected chi connectivity index (χ3v) is 4.10. The highest BCUT2D eigenvalue weighted by Gasteiger charge is 2.20. The van der Waals surface area contributed by atoms with Crippen LogP contribution in [0.1, 0.15) is 5.56 Å². The Hall–Kier alpha value is -4.14. The number of ether oxygens (including phenoxy) is 1. The third-order valence-electron chi connectivity index (χ3n) is 4.10. The molecule has 0 atom stereocenters. The van der Waals surface area contributed by atoms with Gasteiger partial charge in [0.1, 0.15) is 5.82 Å². The SMILES string of the molecule is O=C(Oc1ccccc1F)n1nc(-c2cccnc2)nc1NCc1ccc(F)cc1. The first kappa shape index (κ1) is 19.2. The van der Waals surface area contributed by atoms with Crippen LogP contribution >= 0.6 is 0 Å². The quantitative estimate of drug-likeness (QED) is 0.532. The summed E-state index contributed by atoms with van der Waals surface area (Å²) in [7, 11) is 0. The number of carbonyl (C=O) groups excluding carboxylic acids is 1. The first-order chi connectivity index (χ1) is 14.6. The van der Waals surface area contributed by atoms with Crippen LogP contribution in [0.4, 0.5) is 19.5 Å². The second-order valence-electron chi connectivity index (χ2n) is 6.19. The summed E-state index contributed by atoms with van der Waals surface area (Å²) in [5.74, 6) is -0.950. The van der Waals surface area contributed by atoms with Crippen molar-refractivity contribution in [3.63, 3.8) is 0 Å². The summed E-state index contributed by atoms with van der Waals surface area (Å²) in [6.45, 7) is 0.248. The van der Waals surface area contributed by atoms with Gasteiger partial charge in [0, 0.05) is 24.5 Å². The minimum atomic E-state index is -0.940. The maximum Gasteiger partial charge on any atom is 0.443 e. The number of nitrogens with one attached hydrogen (secondary N) is 1. The molecule has 9 heteroatoms. The fourth-order valence-corrected chi connectivity index (χ4v) is 2.62. The third kappa shape index (κ3) is 4.30. The molecule has 0 unspecified atom stereocenters. The number of halogens is 2. The summed E-state index contributed by atoms with van der Waals surface area (Å²) in [6.07, 6.45) is 2.20. The Morgan fingerprint density at radius 1 is 1.03 bits per heavy atom. The summed E-state index contributed by atoms with van der Waals surface area (Å²) in [4.78, 5) is 21.0. The Morgan fingerprint density at radius 3 is 2.57 bits per heavy atom. The molecule has 0 radical (unpaired) electrons. The fraction of sp³-hybridized carbons (Fsp3) is 0.0476. The molecule has 30 heavy (non-hydrogen) atoms. The highest BCUT2D eigenvalue weighted by atomic mass is 19.1. The van der Waals surface area contributed by atoms with Gasteiger partial charge in [-0.3, -0.25) is 4.98 Å². The highest BCUT2D eigenvalue weighted by molar-refractivity contribution is 5.76. The lowest BCUT2D eigenvalue weighted by atomic mass is 10.2. The number of anilines is 1. The number of para-hydroxylation sites is 1. The normalized spacial score (nSPS) is 10.6. The van der Waals surface area contributed by atoms with Gasteiger partial charge < -0.3 is 10.1 Å². The van der Waals surface area contributed by atoms with E-state index in [9.17, 15) is 13.6 Å². The molecular weight excluding hydrogens is 392 g/mol. The molecular formula is C21H15F2N5O2. The van der Waals surface area contributed by atoms with Crippen molar-refractivity contribution in [2.45, 2.75) is 6.54 Å². The van der Waals surface area contributed by atoms with E-state index in [4.69, 9.17) is 4.74 Å². The van der Waals surface area contributed by atoms with E-state index in [-0.39, 0.29) is 29.9 Å². The number of aromatic nitrogens is 4. The molecule has 1 N–H and O–H groups in total. The first-order valence-electron chi connectivity index (χ1n) is 8.92. The van der Waals surface area contributed by atoms with Gasteiger partial charge in [0.2, 0.25) is 5.95 Å². The Labute approximate surface area is 170 Å². The van der Waals surface area contributed by atoms with Crippen LogP contribution < -0.4 is 10.1 Å². The van der Waals surface area contributed by atoms with Crippen LogP contribution in [0.15, 0.2) is 73.1 Å². The molecule has 7 nitrogen and oxygen atoms in total. The van der Waals surface area contributed by atoms with E-state index in [1.807, 2.05) is 0 Å². The molecule has 0 aliphatic carbocycles. The van der Waals surface area contributed by atoms with Crippen molar-refractivity contribution in [3.05, 3.63) is 90.3 Å². The topological polar surface area (TPSA) is 81.9 Å². The number of hydrogen-bond acceptors (Lipinski definition) is 6. The number of pyridine rings is 1. The average molecular weight is 407 g/mol. The maximum absolute atomic E-state index is 13.9. The Morgan fingerprint density at radius 2 is 1.83 bits per heavy atom. The van der Waals surface area contributed by atoms with E-state index in [1.165, 1.54) is 30.3 Å². The Kier molecular flexibility index (Phi) is 5.42. The van der Waals surface area contributed by atoms with Gasteiger partial charge in [-0.1, -0.05) is 24.3 Å². The zero-order chi connectivity index (χ0) is 20.9. The van der Waals surface area contributed by atoms with Crippen molar-refractivity contribution < 1.29 is 18.3 Å². The van der Waals surface area contributed by atoms with Crippen LogP contribution in [-0.2, 0) is 6.54 Å². The maximum atomic E-state index is 13.9. The molecule has 0 amide bonds. The second-order valence-corrected chi connectivity index (χ2v) is 6.19. The minimum absolute atomic E-state index is 0.0829. The highest BCUT2D eigenvalue weighted by Crippen LogP contribution is 2.20. The standard InChI is InChI=1S/C21H15F2N5O2/c22-16-9-7-14(8-10-16)12-25-20-26-19(15-4-3-11-24-13-15)27-28(20)21(29)30-18-6-2-1-5-17(18)23/h1-11,13H,12H2,(H,25,26,27). The molecule has 0 aliphatic rings. The summed E-state index contributed by atoms with van der Waals surface area (Å²) < 4.78 is 33.0. The predicted molar refractivity (Wildman–Crippen MR) is 105 cm³/mol. The number of hydrogen-bond donors (Lipinski definition) is 1. The number of benzene rings is 2. The van der Waals surface area contributed by atoms with Gasteiger partial charge in [-0.25, -0.2) is 13.6 Å². The number of carbonyl (C=O) groups is 1. The van der Waals surface area contributed by atoms with E-state index >= 15 is 0 Å². The summed E-state index contributed by atoms with van der Waals surface area (Å²) in [6, 6.07) is 14.8. The van der Waals surface area contributed by atoms with Crippen LogP contribution in [0, 0.1) is 11.6 Å². The van der Waals surface area contributed by atoms with Crippen LogP contribution in [0.5, 0.6) is 5.75 Å². The lowest BCUT2D eigenvalue weighted by Gasteiger charge is -2.08. The minimum Gasteiger partial charge on any atom is -0.405 e. The first-order valence-corrected chi connectivity index (χ1v) is 8.92. The van der Waals surface area contributed by atoms with Gasteiger partial charge in [0.15, 0.2) is 17.4 Å². The number of rotatable bonds is 5. The largest absolute Gasteiger partial charge is 0.443 e. The van der Waals surface area contributed by atoms with Crippen molar-refractivity contribution in [1.82, 2.24) is 19.7 Å². The zero-order valence-electron chi connectivity index (χ0n) is 15.5. The van der Waals surface area contributed by atoms with Crippen molar-refractivity contribution >= 4 is 12.0 Å². The lowest BCUT2D eigenvalue weighted by Crippen LogP contribution is -2.21. The summed E-state index contributed by atoms with van der Waals surface area (Å²) >= 11 is 0. The summed E-state index contributed by atoms with van der Waals surface area (Å²) in [5.41, 5.74) is 1.34. The molecule has 0 aliphatic heterocycles. The van der Waals surface area contributed by atoms with Crippen molar-refractivity contribution in [3.8, 4) is 17.1 Å². The Bertz CT molecular complexity index is 1160. The van der Waals surface area contributed by atoms with Crippen LogP contribution in [0.3, 0.4) is 0 Å². The van der Waals surface area contributed by atoms with Gasteiger partial charge in [-0.15, -0.1) is 9.78 Å². The molecule has 0 saturated carbocycles. The zero-order valence-corrected chi connectivity index (χ0v) is 15.5. The molecule has 0 bridgehead atoms. The average Bonchev–Trinajstić information content (AvgIpc) is 3.20. The molecule has 4 aromatic rings. The van der Waals surface area contributed by atoms with E-state index in [0.29, 0.717) is 5.56 Å². The monoisotopic (exact) mass is 407 g/mol. The molecule has 0 fully saturated rings. The van der Waals surface area contributed by atoms with E-state index in [2.05, 4.69) is 20.4 Å². The van der Waals surface area contributed by atoms with E-state index < -0.39 is 11.9 Å². The lowest BCUT2D eigenvalue weighted by molar-refractivity contribution is 0.197. The van der Waals surface area contributed by atoms with Gasteiger partial charge in [-0.05, 0) is 42.0 Å². The van der Waals surface area contributed by atoms with Crippen molar-refractivity contribution in [1.29, 1.82) is 0 Å². The van der Waals surface area contributed by atoms with Gasteiger partial charge >= 0.3 is 6.09 Å². The van der Waals surface area contributed by atoms with Gasteiger partial charge in [-0.2, -0.15) is 4.98 Å². The van der Waals surface area contributed by atoms with Crippen molar-refractivity contribution in [2.75, 3.05) is 5.32 Å². The van der Waals surface area contributed by atoms with E-state index in [1.54, 1.807) is 42.7 Å². The fourth-order valence-electron chi connectivity index (χ4n) is 2.62. The van der Waals surface area contributed by atoms with Gasteiger partial charge in [0.25, 0.3) is 0 Å². The van der Waals surface area contributed by atoms with E-state index in [0.717, 1.165) is 10.2 Å². The van der Waals surface area contributed by atoms with Crippen LogP contribution in [0.2, 0.25) is 0 Å². The van der Waals surface area contributed by atoms with Crippen LogP contribution in [0.25, 0.3) is 11.4 Å². The smallest absolute Gasteiger partial charge is 0.405 e. The second kappa shape index (κ2) is 8.48. The molecule has 0 saturated heterocycles. The van der Waals surface area contributed by atoms with Gasteiger partial charge in [0.05, 0.1) is 0 Å². The Balaban J connectivity index is 1.63. The molecule has 0 spiro atoms. The summed E-state index contributed by atoms with van der Waals surface area (Å²) in [5, 5.41) is 7.15. The number of nitrogens with zero attached hydrogens (tertiary/aromatic N) is 4. The van der Waals surface area contributed by atoms with Crippen LogP contribution in [-0.4, -0.2) is 25.8 Å². The molecule has 150 valence electrons. The molecule has 2 aromatic heterocycles. The molecule has 4 rings (SSSR count). The van der Waals surface area contributed by atoms with Crippen molar-refractivity contribution in [2.24, 2.45) is 0 Å². The predicted octanol–water partition coefficient (Wildman–Crippen LogP) is 4.28.